The van der Waals surface area contributed by atoms with Crippen LogP contribution in [0.4, 0.5) is 0 Å². The van der Waals surface area contributed by atoms with Crippen LogP contribution in [-0.4, -0.2) is 60.8 Å². The Balaban J connectivity index is 0.00000683. The Hall–Kier alpha value is -3.62. The molecule has 60 heavy (non-hydrogen) atoms. The Morgan fingerprint density at radius 3 is 2.23 bits per heavy atom. The first-order valence-electron chi connectivity index (χ1n) is 21.6. The van der Waals surface area contributed by atoms with Gasteiger partial charge in [0.25, 0.3) is 10.1 Å². The van der Waals surface area contributed by atoms with Crippen molar-refractivity contribution in [1.82, 2.24) is 10.6 Å². The largest absolute Gasteiger partial charge is 1.00 e. The molecule has 6 aliphatic rings. The Labute approximate surface area is 378 Å². The van der Waals surface area contributed by atoms with E-state index in [0.717, 1.165) is 58.7 Å². The average molecular weight is 850 g/mol. The van der Waals surface area contributed by atoms with Gasteiger partial charge in [-0.1, -0.05) is 78.6 Å². The van der Waals surface area contributed by atoms with Gasteiger partial charge in [0.15, 0.2) is 5.78 Å². The number of carbonyl (C=O) groups is 2. The van der Waals surface area contributed by atoms with Gasteiger partial charge in [-0.2, -0.15) is 8.42 Å². The number of nitrogens with one attached hydrogen (secondary N) is 2. The molecular formula is C46H60N5NaO7S. The number of ketones is 1. The molecular weight excluding hydrogens is 790 g/mol. The van der Waals surface area contributed by atoms with Crippen LogP contribution in [-0.2, 0) is 24.4 Å². The Morgan fingerprint density at radius 1 is 0.917 bits per heavy atom. The maximum absolute atomic E-state index is 13.7. The van der Waals surface area contributed by atoms with E-state index in [1.165, 1.54) is 44.9 Å². The fourth-order valence-electron chi connectivity index (χ4n) is 8.88. The number of allylic oxidation sites excluding steroid dienone is 12. The van der Waals surface area contributed by atoms with Crippen molar-refractivity contribution in [3.05, 3.63) is 91.6 Å². The average Bonchev–Trinajstić information content (AvgIpc) is 3.94. The smallest absolute Gasteiger partial charge is 0.860 e. The Kier molecular flexibility index (Phi) is 16.6. The maximum atomic E-state index is 13.7. The van der Waals surface area contributed by atoms with Crippen LogP contribution in [0.25, 0.3) is 0 Å². The number of hydrogen-bond donors (Lipinski definition) is 3. The minimum Gasteiger partial charge on any atom is -0.860 e. The standard InChI is InChI=1S/C46H61N5O7S.Na/c1-7-9-10-11-12-13-14-15-16-17-21-58-41(53)19-18-32-28(4)35-24-36-29(5)42(46(54)47-20-22-59(55,56)57)39(49-36)26-34-27(3)31(8-2)38(48-34)25-37-30(6)43-40(52)23-33(44(32)50-35)45(43)51-37;/h24-26,28,32,47,50,54H,7-23H2,1-6H3,(H,55,56,57);/q;+1/p-1/t28-,32-;/m0./s1. The summed E-state index contributed by atoms with van der Waals surface area (Å²) in [5.74, 6) is -1.65. The number of Topliss-reactive ketones (excluding diaryl/α,β-unsaturated/α-hetero) is 1. The molecule has 12 nitrogen and oxygen atoms in total. The molecule has 0 aromatic carbocycles. The van der Waals surface area contributed by atoms with Crippen LogP contribution in [0, 0.1) is 11.8 Å². The van der Waals surface area contributed by atoms with E-state index in [1.54, 1.807) is 13.0 Å². The van der Waals surface area contributed by atoms with Crippen molar-refractivity contribution in [3.8, 4) is 0 Å². The van der Waals surface area contributed by atoms with Crippen molar-refractivity contribution in [2.24, 2.45) is 26.8 Å². The summed E-state index contributed by atoms with van der Waals surface area (Å²) in [4.78, 5) is 41.9. The summed E-state index contributed by atoms with van der Waals surface area (Å²) in [6.45, 7) is 12.2. The van der Waals surface area contributed by atoms with Gasteiger partial charge in [-0.3, -0.25) is 14.1 Å². The van der Waals surface area contributed by atoms with Crippen molar-refractivity contribution < 1.29 is 62.0 Å². The maximum Gasteiger partial charge on any atom is 1.00 e. The van der Waals surface area contributed by atoms with E-state index in [4.69, 9.17) is 19.7 Å². The summed E-state index contributed by atoms with van der Waals surface area (Å²) in [7, 11) is -4.29. The van der Waals surface area contributed by atoms with Gasteiger partial charge in [0, 0.05) is 59.3 Å². The van der Waals surface area contributed by atoms with E-state index < -0.39 is 21.8 Å². The quantitative estimate of drug-likeness (QED) is 0.0545. The summed E-state index contributed by atoms with van der Waals surface area (Å²) in [6, 6.07) is 0. The van der Waals surface area contributed by atoms with Crippen LogP contribution in [0.1, 0.15) is 131 Å². The summed E-state index contributed by atoms with van der Waals surface area (Å²) in [5.41, 5.74) is 10.3. The molecule has 318 valence electrons. The van der Waals surface area contributed by atoms with Gasteiger partial charge in [-0.05, 0) is 86.4 Å². The number of rotatable bonds is 19. The molecule has 5 aliphatic heterocycles. The van der Waals surface area contributed by atoms with E-state index in [9.17, 15) is 27.7 Å². The molecule has 0 spiro atoms. The van der Waals surface area contributed by atoms with Crippen molar-refractivity contribution in [2.75, 3.05) is 18.9 Å². The van der Waals surface area contributed by atoms with E-state index in [-0.39, 0.29) is 78.1 Å². The van der Waals surface area contributed by atoms with E-state index in [2.05, 4.69) is 24.5 Å². The first-order valence-corrected chi connectivity index (χ1v) is 23.2. The molecule has 5 heterocycles. The van der Waals surface area contributed by atoms with Gasteiger partial charge < -0.3 is 20.5 Å². The molecule has 1 saturated carbocycles. The number of hydrogen-bond acceptors (Lipinski definition) is 11. The second-order valence-corrected chi connectivity index (χ2v) is 18.0. The SMILES string of the molecule is CCCCCCCCCCCCOC(=O)CC[C@@H]1C2=C3CC(=O)C4=C(C)C(=CC5=NC(=CC6=NC(=C(C)C6=C([O-])NCCS(=O)(=O)O)C=C(N2)[C@H]1C)C(C)=C5CC)N=C34.[Na+]. The van der Waals surface area contributed by atoms with Gasteiger partial charge in [-0.25, -0.2) is 15.0 Å². The third-order valence-electron chi connectivity index (χ3n) is 12.3. The molecule has 0 amide bonds. The van der Waals surface area contributed by atoms with Crippen LogP contribution in [0.5, 0.6) is 0 Å². The van der Waals surface area contributed by atoms with Crippen LogP contribution in [0.3, 0.4) is 0 Å². The number of unbranched alkanes of at least 4 members (excludes halogenated alkanes) is 9. The Bertz CT molecular complexity index is 2230. The molecule has 2 fully saturated rings. The molecule has 8 bridgehead atoms. The number of esters is 1. The first kappa shape index (κ1) is 47.4. The molecule has 2 atom stereocenters. The summed E-state index contributed by atoms with van der Waals surface area (Å²) >= 11 is 0. The number of aliphatic imine (C=N–C) groups is 3. The van der Waals surface area contributed by atoms with Gasteiger partial charge in [-0.15, -0.1) is 0 Å². The number of fused-ring (bicyclic) bond motifs is 5. The third-order valence-corrected chi connectivity index (χ3v) is 13.0. The van der Waals surface area contributed by atoms with E-state index in [1.807, 2.05) is 32.9 Å². The van der Waals surface area contributed by atoms with E-state index in [0.29, 0.717) is 59.1 Å². The minimum absolute atomic E-state index is 0. The van der Waals surface area contributed by atoms with Gasteiger partial charge in [0.1, 0.15) is 0 Å². The Morgan fingerprint density at radius 2 is 1.57 bits per heavy atom. The number of nitrogens with zero attached hydrogens (tertiary/aromatic N) is 3. The zero-order valence-electron chi connectivity index (χ0n) is 36.6. The molecule has 0 aromatic rings. The predicted molar refractivity (Wildman–Crippen MR) is 231 cm³/mol. The summed E-state index contributed by atoms with van der Waals surface area (Å²) in [6.07, 6.45) is 19.3. The normalized spacial score (nSPS) is 21.8. The molecule has 0 unspecified atom stereocenters. The zero-order chi connectivity index (χ0) is 42.4. The molecule has 1 aliphatic carbocycles. The minimum atomic E-state index is -4.29. The number of carbonyl (C=O) groups excluding carboxylic acids is 2. The van der Waals surface area contributed by atoms with Crippen molar-refractivity contribution >= 4 is 39.0 Å². The second-order valence-electron chi connectivity index (χ2n) is 16.5. The van der Waals surface area contributed by atoms with Gasteiger partial charge in [0.2, 0.25) is 0 Å². The second kappa shape index (κ2) is 21.0. The van der Waals surface area contributed by atoms with E-state index >= 15 is 0 Å². The van der Waals surface area contributed by atoms with Crippen molar-refractivity contribution in [1.29, 1.82) is 0 Å². The van der Waals surface area contributed by atoms with Crippen molar-refractivity contribution in [3.63, 3.8) is 0 Å². The molecule has 0 radical (unpaired) electrons. The molecule has 6 rings (SSSR count). The molecule has 1 saturated heterocycles. The fourth-order valence-corrected chi connectivity index (χ4v) is 9.24. The predicted octanol–water partition coefficient (Wildman–Crippen LogP) is 4.71. The number of ether oxygens (including phenoxy) is 1. The summed E-state index contributed by atoms with van der Waals surface area (Å²) < 4.78 is 37.9. The van der Waals surface area contributed by atoms with Crippen LogP contribution < -0.4 is 45.3 Å². The van der Waals surface area contributed by atoms with Crippen LogP contribution in [0.2, 0.25) is 0 Å². The molecule has 3 N–H and O–H groups in total. The van der Waals surface area contributed by atoms with Crippen molar-refractivity contribution in [2.45, 2.75) is 131 Å². The monoisotopic (exact) mass is 849 g/mol. The van der Waals surface area contributed by atoms with Gasteiger partial charge in [0.05, 0.1) is 46.6 Å². The topological polar surface area (TPSA) is 182 Å². The zero-order valence-corrected chi connectivity index (χ0v) is 39.4. The van der Waals surface area contributed by atoms with Crippen LogP contribution >= 0.6 is 0 Å². The fraction of sp³-hybridized carbons (Fsp3) is 0.543. The first-order chi connectivity index (χ1) is 28.2. The summed E-state index contributed by atoms with van der Waals surface area (Å²) in [5, 5.41) is 20.0. The third kappa shape index (κ3) is 10.9. The molecule has 14 heteroatoms. The van der Waals surface area contributed by atoms with Crippen LogP contribution in [0.15, 0.2) is 107 Å². The van der Waals surface area contributed by atoms with Gasteiger partial charge >= 0.3 is 35.5 Å². The molecule has 0 aromatic heterocycles.